The number of fused-ring (bicyclic) bond motifs is 1. The summed E-state index contributed by atoms with van der Waals surface area (Å²) in [6, 6.07) is 13.9. The molecule has 2 aromatic carbocycles. The van der Waals surface area contributed by atoms with Gasteiger partial charge in [0.05, 0.1) is 38.8 Å². The molecule has 2 aromatic rings. The van der Waals surface area contributed by atoms with Crippen molar-refractivity contribution in [3.63, 3.8) is 0 Å². The van der Waals surface area contributed by atoms with E-state index in [9.17, 15) is 19.5 Å². The Morgan fingerprint density at radius 2 is 1.83 bits per heavy atom. The molecule has 3 N–H and O–H groups in total. The topological polar surface area (TPSA) is 124 Å². The number of likely N-dealkylation sites (N-methyl/N-ethyl adjacent to an activating group) is 1. The van der Waals surface area contributed by atoms with Crippen LogP contribution in [0, 0.1) is 5.92 Å². The predicted octanol–water partition coefficient (Wildman–Crippen LogP) is 2.66. The summed E-state index contributed by atoms with van der Waals surface area (Å²) in [7, 11) is 1.71. The van der Waals surface area contributed by atoms with Gasteiger partial charge in [-0.15, -0.1) is 0 Å². The van der Waals surface area contributed by atoms with E-state index in [4.69, 9.17) is 9.47 Å². The first kappa shape index (κ1) is 31.3. The standard InChI is InChI=1S/C31H43N5O6/c1-22-19-36(23(2)21-37)30(39)18-24-17-26(32-29(38)11-12-35-13-15-41-16-14-35)9-10-27(24)42-28(22)20-34(3)31(40)33-25-7-5-4-6-8-25/h4-10,17,22-23,28,37H,11-16,18-21H2,1-3H3,(H,32,38)(H,33,40)/t22-,23+,28+/m0/s1. The Balaban J connectivity index is 1.50. The minimum atomic E-state index is -0.441. The van der Waals surface area contributed by atoms with Gasteiger partial charge in [0.25, 0.3) is 0 Å². The average molecular weight is 582 g/mol. The van der Waals surface area contributed by atoms with Crippen molar-refractivity contribution in [2.45, 2.75) is 38.8 Å². The molecule has 0 unspecified atom stereocenters. The van der Waals surface area contributed by atoms with Crippen LogP contribution in [0.5, 0.6) is 5.75 Å². The van der Waals surface area contributed by atoms with Crippen LogP contribution < -0.4 is 15.4 Å². The fourth-order valence-corrected chi connectivity index (χ4v) is 5.13. The highest BCUT2D eigenvalue weighted by Crippen LogP contribution is 2.29. The van der Waals surface area contributed by atoms with Gasteiger partial charge in [0.15, 0.2) is 0 Å². The van der Waals surface area contributed by atoms with E-state index >= 15 is 0 Å². The number of para-hydroxylation sites is 1. The molecular formula is C31H43N5O6. The molecule has 4 amide bonds. The third kappa shape index (κ3) is 8.67. The van der Waals surface area contributed by atoms with Gasteiger partial charge in [-0.3, -0.25) is 14.5 Å². The number of nitrogens with zero attached hydrogens (tertiary/aromatic N) is 3. The molecule has 42 heavy (non-hydrogen) atoms. The maximum Gasteiger partial charge on any atom is 0.321 e. The zero-order chi connectivity index (χ0) is 30.1. The van der Waals surface area contributed by atoms with Crippen molar-refractivity contribution < 1.29 is 29.0 Å². The SMILES string of the molecule is C[C@H](CO)N1C[C@H](C)[C@@H](CN(C)C(=O)Nc2ccccc2)Oc2ccc(NC(=O)CCN3CCOCC3)cc2CC1=O. The summed E-state index contributed by atoms with van der Waals surface area (Å²) in [5, 5.41) is 15.7. The highest BCUT2D eigenvalue weighted by molar-refractivity contribution is 5.91. The van der Waals surface area contributed by atoms with E-state index in [0.29, 0.717) is 55.4 Å². The zero-order valence-corrected chi connectivity index (χ0v) is 24.8. The number of morpholine rings is 1. The summed E-state index contributed by atoms with van der Waals surface area (Å²) in [5.74, 6) is 0.132. The lowest BCUT2D eigenvalue weighted by molar-refractivity contribution is -0.134. The number of hydrogen-bond donors (Lipinski definition) is 3. The second-order valence-electron chi connectivity index (χ2n) is 11.1. The van der Waals surface area contributed by atoms with Gasteiger partial charge in [0, 0.05) is 62.5 Å². The third-order valence-electron chi connectivity index (χ3n) is 7.78. The Bertz CT molecular complexity index is 1210. The number of nitrogens with one attached hydrogen (secondary N) is 2. The van der Waals surface area contributed by atoms with Gasteiger partial charge in [-0.2, -0.15) is 0 Å². The number of carbonyl (C=O) groups is 3. The highest BCUT2D eigenvalue weighted by Gasteiger charge is 2.32. The molecule has 11 heteroatoms. The van der Waals surface area contributed by atoms with E-state index in [0.717, 1.165) is 13.1 Å². The molecule has 2 heterocycles. The minimum absolute atomic E-state index is 0.0565. The molecule has 0 radical (unpaired) electrons. The number of ether oxygens (including phenoxy) is 2. The lowest BCUT2D eigenvalue weighted by Crippen LogP contribution is -2.48. The van der Waals surface area contributed by atoms with Crippen molar-refractivity contribution in [2.24, 2.45) is 5.92 Å². The maximum atomic E-state index is 13.5. The number of anilines is 2. The van der Waals surface area contributed by atoms with E-state index in [1.807, 2.05) is 44.2 Å². The van der Waals surface area contributed by atoms with Crippen molar-refractivity contribution in [2.75, 3.05) is 70.2 Å². The zero-order valence-electron chi connectivity index (χ0n) is 24.8. The van der Waals surface area contributed by atoms with Gasteiger partial charge in [0.2, 0.25) is 11.8 Å². The Kier molecular flexibility index (Phi) is 11.2. The molecule has 1 saturated heterocycles. The lowest BCUT2D eigenvalue weighted by Gasteiger charge is -2.34. The first-order valence-electron chi connectivity index (χ1n) is 14.6. The van der Waals surface area contributed by atoms with Crippen LogP contribution in [-0.4, -0.2) is 109 Å². The number of amides is 4. The summed E-state index contributed by atoms with van der Waals surface area (Å²) in [4.78, 5) is 44.6. The van der Waals surface area contributed by atoms with E-state index < -0.39 is 6.10 Å². The molecule has 0 spiro atoms. The van der Waals surface area contributed by atoms with Crippen molar-refractivity contribution in [3.05, 3.63) is 54.1 Å². The molecule has 3 atom stereocenters. The molecule has 0 bridgehead atoms. The second-order valence-corrected chi connectivity index (χ2v) is 11.1. The normalized spacial score (nSPS) is 20.3. The number of aliphatic hydroxyl groups excluding tert-OH is 1. The Morgan fingerprint density at radius 1 is 1.10 bits per heavy atom. The quantitative estimate of drug-likeness (QED) is 0.416. The summed E-state index contributed by atoms with van der Waals surface area (Å²) in [5.41, 5.74) is 1.91. The first-order valence-corrected chi connectivity index (χ1v) is 14.6. The Labute approximate surface area is 247 Å². The van der Waals surface area contributed by atoms with Gasteiger partial charge < -0.3 is 35.0 Å². The third-order valence-corrected chi connectivity index (χ3v) is 7.78. The number of aliphatic hydroxyl groups is 1. The number of urea groups is 1. The average Bonchev–Trinajstić information content (AvgIpc) is 3.04. The summed E-state index contributed by atoms with van der Waals surface area (Å²) >= 11 is 0. The van der Waals surface area contributed by atoms with Crippen LogP contribution in [-0.2, 0) is 20.7 Å². The molecule has 0 aromatic heterocycles. The van der Waals surface area contributed by atoms with Crippen LogP contribution in [0.1, 0.15) is 25.8 Å². The maximum absolute atomic E-state index is 13.5. The Hall–Kier alpha value is -3.67. The van der Waals surface area contributed by atoms with Gasteiger partial charge in [-0.25, -0.2) is 4.79 Å². The van der Waals surface area contributed by atoms with Gasteiger partial charge in [-0.05, 0) is 37.3 Å². The Morgan fingerprint density at radius 3 is 2.55 bits per heavy atom. The minimum Gasteiger partial charge on any atom is -0.488 e. The fraction of sp³-hybridized carbons (Fsp3) is 0.516. The second kappa shape index (κ2) is 15.0. The van der Waals surface area contributed by atoms with Crippen LogP contribution in [0.25, 0.3) is 0 Å². The number of hydrogen-bond acceptors (Lipinski definition) is 7. The molecule has 0 saturated carbocycles. The van der Waals surface area contributed by atoms with E-state index in [2.05, 4.69) is 15.5 Å². The molecule has 1 fully saturated rings. The van der Waals surface area contributed by atoms with Gasteiger partial charge in [0.1, 0.15) is 11.9 Å². The van der Waals surface area contributed by atoms with Crippen molar-refractivity contribution >= 4 is 29.2 Å². The predicted molar refractivity (Wildman–Crippen MR) is 161 cm³/mol. The number of benzene rings is 2. The largest absolute Gasteiger partial charge is 0.488 e. The van der Waals surface area contributed by atoms with E-state index in [1.54, 1.807) is 35.0 Å². The molecule has 2 aliphatic rings. The highest BCUT2D eigenvalue weighted by atomic mass is 16.5. The first-order chi connectivity index (χ1) is 20.2. The summed E-state index contributed by atoms with van der Waals surface area (Å²) in [6.07, 6.45) is -0.0322. The van der Waals surface area contributed by atoms with Crippen molar-refractivity contribution in [1.29, 1.82) is 0 Å². The van der Waals surface area contributed by atoms with Crippen LogP contribution in [0.4, 0.5) is 16.2 Å². The summed E-state index contributed by atoms with van der Waals surface area (Å²) in [6.45, 7) is 7.90. The fourth-order valence-electron chi connectivity index (χ4n) is 5.13. The van der Waals surface area contributed by atoms with E-state index in [1.165, 1.54) is 0 Å². The molecule has 0 aliphatic carbocycles. The smallest absolute Gasteiger partial charge is 0.321 e. The summed E-state index contributed by atoms with van der Waals surface area (Å²) < 4.78 is 11.9. The van der Waals surface area contributed by atoms with Crippen LogP contribution in [0.2, 0.25) is 0 Å². The number of rotatable bonds is 9. The molecule has 4 rings (SSSR count). The van der Waals surface area contributed by atoms with Crippen molar-refractivity contribution in [1.82, 2.24) is 14.7 Å². The van der Waals surface area contributed by atoms with Crippen LogP contribution in [0.15, 0.2) is 48.5 Å². The van der Waals surface area contributed by atoms with Gasteiger partial charge >= 0.3 is 6.03 Å². The van der Waals surface area contributed by atoms with E-state index in [-0.39, 0.29) is 49.4 Å². The van der Waals surface area contributed by atoms with Crippen LogP contribution in [0.3, 0.4) is 0 Å². The molecular weight excluding hydrogens is 538 g/mol. The lowest BCUT2D eigenvalue weighted by atomic mass is 10.0. The van der Waals surface area contributed by atoms with Crippen LogP contribution >= 0.6 is 0 Å². The number of carbonyl (C=O) groups excluding carboxylic acids is 3. The van der Waals surface area contributed by atoms with Gasteiger partial charge in [-0.1, -0.05) is 25.1 Å². The molecule has 228 valence electrons. The monoisotopic (exact) mass is 581 g/mol. The molecule has 2 aliphatic heterocycles. The van der Waals surface area contributed by atoms with Crippen molar-refractivity contribution in [3.8, 4) is 5.75 Å². The molecule has 11 nitrogen and oxygen atoms in total.